The van der Waals surface area contributed by atoms with E-state index in [1.807, 2.05) is 30.5 Å². The minimum absolute atomic E-state index is 0.554. The van der Waals surface area contributed by atoms with E-state index in [-0.39, 0.29) is 0 Å². The second-order valence-corrected chi connectivity index (χ2v) is 11.5. The molecule has 0 aliphatic heterocycles. The number of nitrogens with zero attached hydrogens (tertiary/aromatic N) is 5. The molecule has 0 saturated heterocycles. The van der Waals surface area contributed by atoms with E-state index >= 15 is 0 Å². The third kappa shape index (κ3) is 3.64. The van der Waals surface area contributed by atoms with Gasteiger partial charge < -0.3 is 4.42 Å². The maximum absolute atomic E-state index is 6.22. The van der Waals surface area contributed by atoms with Crippen LogP contribution in [0.4, 0.5) is 0 Å². The summed E-state index contributed by atoms with van der Waals surface area (Å²) in [5.41, 5.74) is 5.38. The molecule has 10 aromatic rings. The molecule has 6 aromatic carbocycles. The fraction of sp³-hybridized carbons (Fsp3) is 0. The highest BCUT2D eigenvalue weighted by molar-refractivity contribution is 6.12. The van der Waals surface area contributed by atoms with Crippen LogP contribution < -0.4 is 0 Å². The van der Waals surface area contributed by atoms with Crippen molar-refractivity contribution in [2.75, 3.05) is 0 Å². The zero-order valence-electron chi connectivity index (χ0n) is 24.4. The molecule has 214 valence electrons. The average molecular weight is 590 g/mol. The van der Waals surface area contributed by atoms with Crippen LogP contribution in [0.1, 0.15) is 0 Å². The van der Waals surface area contributed by atoms with Gasteiger partial charge in [0.1, 0.15) is 11.2 Å². The van der Waals surface area contributed by atoms with Gasteiger partial charge in [-0.25, -0.2) is 4.98 Å². The van der Waals surface area contributed by atoms with Crippen LogP contribution in [0.3, 0.4) is 0 Å². The molecule has 0 fully saturated rings. The van der Waals surface area contributed by atoms with Crippen molar-refractivity contribution in [2.45, 2.75) is 0 Å². The van der Waals surface area contributed by atoms with E-state index in [0.29, 0.717) is 17.6 Å². The van der Waals surface area contributed by atoms with Crippen LogP contribution in [-0.2, 0) is 0 Å². The standard InChI is InChI=1S/C40H23N5O/c1-2-9-27-24(8-1)16-17-25-18-19-26(22-31(25)27)38-42-39(30-12-7-15-36-37(30)32-23-41-21-20-35(32)46-36)44-40(43-38)45-33-13-5-3-10-28(33)29-11-4-6-14-34(29)45/h1-23H. The van der Waals surface area contributed by atoms with Gasteiger partial charge in [0, 0.05) is 45.1 Å². The van der Waals surface area contributed by atoms with Crippen LogP contribution in [0.2, 0.25) is 0 Å². The summed E-state index contributed by atoms with van der Waals surface area (Å²) in [4.78, 5) is 20.0. The van der Waals surface area contributed by atoms with Gasteiger partial charge in [-0.2, -0.15) is 9.97 Å². The number of aromatic nitrogens is 5. The zero-order valence-corrected chi connectivity index (χ0v) is 24.4. The molecule has 6 heteroatoms. The molecular formula is C40H23N5O. The Kier molecular flexibility index (Phi) is 5.19. The topological polar surface area (TPSA) is 69.6 Å². The van der Waals surface area contributed by atoms with Crippen molar-refractivity contribution in [1.29, 1.82) is 0 Å². The molecule has 4 heterocycles. The lowest BCUT2D eigenvalue weighted by Gasteiger charge is -2.12. The van der Waals surface area contributed by atoms with Crippen molar-refractivity contribution >= 4 is 65.3 Å². The molecule has 0 amide bonds. The van der Waals surface area contributed by atoms with Gasteiger partial charge in [-0.3, -0.25) is 9.55 Å². The molecule has 0 radical (unpaired) electrons. The van der Waals surface area contributed by atoms with Crippen LogP contribution in [-0.4, -0.2) is 24.5 Å². The molecule has 10 rings (SSSR count). The average Bonchev–Trinajstić information content (AvgIpc) is 3.67. The fourth-order valence-electron chi connectivity index (χ4n) is 6.85. The summed E-state index contributed by atoms with van der Waals surface area (Å²) in [5.74, 6) is 1.72. The van der Waals surface area contributed by atoms with E-state index in [1.54, 1.807) is 6.20 Å². The highest BCUT2D eigenvalue weighted by Crippen LogP contribution is 2.37. The minimum atomic E-state index is 0.554. The van der Waals surface area contributed by atoms with E-state index < -0.39 is 0 Å². The summed E-state index contributed by atoms with van der Waals surface area (Å²) in [5, 5.41) is 8.86. The predicted molar refractivity (Wildman–Crippen MR) is 185 cm³/mol. The highest BCUT2D eigenvalue weighted by Gasteiger charge is 2.20. The monoisotopic (exact) mass is 589 g/mol. The SMILES string of the molecule is c1ccc2c(c1)ccc1ccc(-c3nc(-c4cccc5oc6ccncc6c45)nc(-n4c5ccccc5c5ccccc54)n3)cc12. The zero-order chi connectivity index (χ0) is 30.2. The number of para-hydroxylation sites is 2. The summed E-state index contributed by atoms with van der Waals surface area (Å²) in [6.45, 7) is 0. The normalized spacial score (nSPS) is 11.9. The van der Waals surface area contributed by atoms with Gasteiger partial charge in [0.25, 0.3) is 0 Å². The molecule has 0 atom stereocenters. The Morgan fingerprint density at radius 3 is 2.02 bits per heavy atom. The van der Waals surface area contributed by atoms with Crippen molar-refractivity contribution in [1.82, 2.24) is 24.5 Å². The van der Waals surface area contributed by atoms with Gasteiger partial charge in [-0.1, -0.05) is 97.1 Å². The third-order valence-corrected chi connectivity index (χ3v) is 8.95. The second kappa shape index (κ2) is 9.55. The summed E-state index contributed by atoms with van der Waals surface area (Å²) in [6.07, 6.45) is 3.59. The number of pyridine rings is 1. The first kappa shape index (κ1) is 25.0. The maximum atomic E-state index is 6.22. The molecule has 0 N–H and O–H groups in total. The van der Waals surface area contributed by atoms with Gasteiger partial charge in [0.2, 0.25) is 5.95 Å². The Bertz CT molecular complexity index is 2780. The Morgan fingerprint density at radius 1 is 0.500 bits per heavy atom. The molecule has 0 saturated carbocycles. The summed E-state index contributed by atoms with van der Waals surface area (Å²) >= 11 is 0. The Hall–Kier alpha value is -6.40. The Labute approximate surface area is 262 Å². The Morgan fingerprint density at radius 2 is 1.20 bits per heavy atom. The van der Waals surface area contributed by atoms with Crippen LogP contribution in [0.15, 0.2) is 144 Å². The van der Waals surface area contributed by atoms with E-state index in [4.69, 9.17) is 19.4 Å². The van der Waals surface area contributed by atoms with Crippen molar-refractivity contribution in [3.8, 4) is 28.7 Å². The lowest BCUT2D eigenvalue weighted by Crippen LogP contribution is -2.06. The van der Waals surface area contributed by atoms with E-state index in [1.165, 1.54) is 16.2 Å². The molecule has 4 aromatic heterocycles. The van der Waals surface area contributed by atoms with Gasteiger partial charge in [-0.05, 0) is 51.9 Å². The lowest BCUT2D eigenvalue weighted by molar-refractivity contribution is 0.668. The number of hydrogen-bond donors (Lipinski definition) is 0. The first-order valence-corrected chi connectivity index (χ1v) is 15.2. The molecule has 6 nitrogen and oxygen atoms in total. The number of furan rings is 1. The first-order valence-electron chi connectivity index (χ1n) is 15.2. The van der Waals surface area contributed by atoms with Crippen molar-refractivity contribution < 1.29 is 4.42 Å². The molecule has 0 aliphatic rings. The van der Waals surface area contributed by atoms with Gasteiger partial charge >= 0.3 is 0 Å². The van der Waals surface area contributed by atoms with Gasteiger partial charge in [-0.15, -0.1) is 0 Å². The molecule has 46 heavy (non-hydrogen) atoms. The van der Waals surface area contributed by atoms with Crippen LogP contribution in [0, 0.1) is 0 Å². The van der Waals surface area contributed by atoms with E-state index in [0.717, 1.165) is 60.3 Å². The molecule has 0 unspecified atom stereocenters. The largest absolute Gasteiger partial charge is 0.456 e. The lowest BCUT2D eigenvalue weighted by atomic mass is 10.00. The number of hydrogen-bond acceptors (Lipinski definition) is 5. The van der Waals surface area contributed by atoms with Crippen LogP contribution in [0.5, 0.6) is 0 Å². The fourth-order valence-corrected chi connectivity index (χ4v) is 6.85. The highest BCUT2D eigenvalue weighted by atomic mass is 16.3. The van der Waals surface area contributed by atoms with E-state index in [2.05, 4.69) is 113 Å². The molecule has 0 spiro atoms. The van der Waals surface area contributed by atoms with Crippen molar-refractivity contribution in [3.63, 3.8) is 0 Å². The molecular weight excluding hydrogens is 566 g/mol. The minimum Gasteiger partial charge on any atom is -0.456 e. The predicted octanol–water partition coefficient (Wildman–Crippen LogP) is 9.90. The third-order valence-electron chi connectivity index (χ3n) is 8.95. The Balaban J connectivity index is 1.31. The maximum Gasteiger partial charge on any atom is 0.238 e. The molecule has 0 aliphatic carbocycles. The van der Waals surface area contributed by atoms with Crippen LogP contribution >= 0.6 is 0 Å². The smallest absolute Gasteiger partial charge is 0.238 e. The summed E-state index contributed by atoms with van der Waals surface area (Å²) in [6, 6.07) is 44.0. The number of benzene rings is 6. The summed E-state index contributed by atoms with van der Waals surface area (Å²) < 4.78 is 8.36. The first-order chi connectivity index (χ1) is 22.8. The van der Waals surface area contributed by atoms with Crippen LogP contribution in [0.25, 0.3) is 94.0 Å². The van der Waals surface area contributed by atoms with E-state index in [9.17, 15) is 0 Å². The van der Waals surface area contributed by atoms with Gasteiger partial charge in [0.15, 0.2) is 11.6 Å². The number of rotatable bonds is 3. The van der Waals surface area contributed by atoms with Crippen molar-refractivity contribution in [3.05, 3.63) is 140 Å². The quantitative estimate of drug-likeness (QED) is 0.192. The van der Waals surface area contributed by atoms with Crippen molar-refractivity contribution in [2.24, 2.45) is 0 Å². The second-order valence-electron chi connectivity index (χ2n) is 11.5. The van der Waals surface area contributed by atoms with Gasteiger partial charge in [0.05, 0.1) is 11.0 Å². The number of fused-ring (bicyclic) bond motifs is 9. The molecule has 0 bridgehead atoms. The summed E-state index contributed by atoms with van der Waals surface area (Å²) in [7, 11) is 0.